The van der Waals surface area contributed by atoms with E-state index in [2.05, 4.69) is 5.32 Å². The van der Waals surface area contributed by atoms with Crippen LogP contribution in [0.4, 0.5) is 18.9 Å². The Hall–Kier alpha value is -2.29. The molecule has 24 heavy (non-hydrogen) atoms. The van der Waals surface area contributed by atoms with Crippen LogP contribution >= 0.6 is 0 Å². The van der Waals surface area contributed by atoms with Gasteiger partial charge in [-0.3, -0.25) is 9.59 Å². The molecule has 9 heteroatoms. The Kier molecular flexibility index (Phi) is 5.66. The highest BCUT2D eigenvalue weighted by atomic mass is 19.4. The molecule has 0 aliphatic carbocycles. The third-order valence-electron chi connectivity index (χ3n) is 3.79. The number of amides is 2. The van der Waals surface area contributed by atoms with Crippen LogP contribution in [0, 0.1) is 0 Å². The topological polar surface area (TPSA) is 78.7 Å². The highest BCUT2D eigenvalue weighted by Crippen LogP contribution is 2.31. The van der Waals surface area contributed by atoms with Gasteiger partial charge in [0.1, 0.15) is 0 Å². The monoisotopic (exact) mass is 344 g/mol. The van der Waals surface area contributed by atoms with Gasteiger partial charge in [-0.15, -0.1) is 0 Å². The largest absolute Gasteiger partial charge is 0.416 e. The Morgan fingerprint density at radius 2 is 1.83 bits per heavy atom. The Bertz CT molecular complexity index is 599. The van der Waals surface area contributed by atoms with Gasteiger partial charge in [-0.25, -0.2) is 0 Å². The molecule has 0 spiro atoms. The first-order valence-corrected chi connectivity index (χ1v) is 7.48. The number of rotatable bonds is 4. The van der Waals surface area contributed by atoms with Gasteiger partial charge in [0.05, 0.1) is 18.7 Å². The van der Waals surface area contributed by atoms with E-state index in [1.807, 2.05) is 0 Å². The van der Waals surface area contributed by atoms with Crippen LogP contribution in [0.1, 0.15) is 5.56 Å². The third-order valence-corrected chi connectivity index (χ3v) is 3.79. The number of anilines is 1. The lowest BCUT2D eigenvalue weighted by Crippen LogP contribution is -2.51. The summed E-state index contributed by atoms with van der Waals surface area (Å²) in [6.45, 7) is 1.31. The Morgan fingerprint density at radius 1 is 1.17 bits per heavy atom. The quantitative estimate of drug-likeness (QED) is 0.830. The molecule has 1 heterocycles. The van der Waals surface area contributed by atoms with Crippen LogP contribution in [0.15, 0.2) is 24.3 Å². The number of benzene rings is 1. The van der Waals surface area contributed by atoms with Crippen LogP contribution in [0.2, 0.25) is 0 Å². The molecule has 2 rings (SSSR count). The van der Waals surface area contributed by atoms with Crippen molar-refractivity contribution in [3.63, 3.8) is 0 Å². The van der Waals surface area contributed by atoms with E-state index in [0.717, 1.165) is 12.1 Å². The smallest absolute Gasteiger partial charge is 0.368 e. The number of alkyl halides is 3. The van der Waals surface area contributed by atoms with Crippen LogP contribution in [0.3, 0.4) is 0 Å². The molecule has 0 bridgehead atoms. The van der Waals surface area contributed by atoms with Gasteiger partial charge in [-0.1, -0.05) is 6.07 Å². The third kappa shape index (κ3) is 4.60. The normalized spacial score (nSPS) is 15.3. The van der Waals surface area contributed by atoms with Crippen LogP contribution in [-0.2, 0) is 15.8 Å². The highest BCUT2D eigenvalue weighted by Gasteiger charge is 2.31. The number of nitrogens with two attached hydrogens (primary N) is 1. The molecule has 0 radical (unpaired) electrons. The second kappa shape index (κ2) is 7.52. The molecule has 0 unspecified atom stereocenters. The van der Waals surface area contributed by atoms with Gasteiger partial charge in [-0.2, -0.15) is 13.2 Å². The number of piperazine rings is 1. The van der Waals surface area contributed by atoms with Crippen LogP contribution in [-0.4, -0.2) is 56.0 Å². The molecule has 2 amide bonds. The van der Waals surface area contributed by atoms with Crippen molar-refractivity contribution in [3.8, 4) is 0 Å². The lowest BCUT2D eigenvalue weighted by atomic mass is 10.1. The minimum atomic E-state index is -4.38. The summed E-state index contributed by atoms with van der Waals surface area (Å²) in [4.78, 5) is 26.4. The summed E-state index contributed by atoms with van der Waals surface area (Å²) in [5.41, 5.74) is 4.93. The van der Waals surface area contributed by atoms with Crippen LogP contribution in [0.25, 0.3) is 0 Å². The zero-order valence-electron chi connectivity index (χ0n) is 13.0. The van der Waals surface area contributed by atoms with E-state index < -0.39 is 17.6 Å². The Labute approximate surface area is 137 Å². The molecule has 1 aromatic rings. The van der Waals surface area contributed by atoms with Crippen molar-refractivity contribution in [2.45, 2.75) is 6.18 Å². The lowest BCUT2D eigenvalue weighted by molar-refractivity contribution is -0.137. The van der Waals surface area contributed by atoms with Crippen molar-refractivity contribution in [1.82, 2.24) is 10.2 Å². The Morgan fingerprint density at radius 3 is 2.42 bits per heavy atom. The molecule has 0 atom stereocenters. The first-order chi connectivity index (χ1) is 11.3. The number of nitrogens with one attached hydrogen (secondary N) is 1. The number of nitrogens with zero attached hydrogens (tertiary/aromatic N) is 2. The maximum absolute atomic E-state index is 12.8. The standard InChI is InChI=1S/C15H19F3N4O2/c16-15(17,18)11-2-1-3-12(8-11)21-4-6-22(7-5-21)14(24)10-20-13(23)9-19/h1-3,8H,4-7,9-10,19H2,(H,20,23). The molecule has 1 aromatic carbocycles. The Balaban J connectivity index is 1.91. The summed E-state index contributed by atoms with van der Waals surface area (Å²) in [6, 6.07) is 5.13. The SMILES string of the molecule is NCC(=O)NCC(=O)N1CCN(c2cccc(C(F)(F)F)c2)CC1. The van der Waals surface area contributed by atoms with Gasteiger partial charge in [0, 0.05) is 31.9 Å². The molecule has 0 saturated carbocycles. The molecule has 1 aliphatic rings. The van der Waals surface area contributed by atoms with Crippen molar-refractivity contribution >= 4 is 17.5 Å². The van der Waals surface area contributed by atoms with E-state index >= 15 is 0 Å². The van der Waals surface area contributed by atoms with Gasteiger partial charge in [0.25, 0.3) is 0 Å². The number of carbonyl (C=O) groups excluding carboxylic acids is 2. The first kappa shape index (κ1) is 18.1. The summed E-state index contributed by atoms with van der Waals surface area (Å²) in [6.07, 6.45) is -4.38. The van der Waals surface area contributed by atoms with Crippen molar-refractivity contribution in [2.24, 2.45) is 5.73 Å². The number of hydrogen-bond donors (Lipinski definition) is 2. The van der Waals surface area contributed by atoms with Gasteiger partial charge in [-0.05, 0) is 18.2 Å². The highest BCUT2D eigenvalue weighted by molar-refractivity contribution is 5.85. The first-order valence-electron chi connectivity index (χ1n) is 7.48. The summed E-state index contributed by atoms with van der Waals surface area (Å²) in [5.74, 6) is -0.647. The maximum atomic E-state index is 12.8. The second-order valence-electron chi connectivity index (χ2n) is 5.40. The van der Waals surface area contributed by atoms with E-state index in [9.17, 15) is 22.8 Å². The van der Waals surface area contributed by atoms with Gasteiger partial charge in [0.2, 0.25) is 11.8 Å². The van der Waals surface area contributed by atoms with E-state index in [1.54, 1.807) is 15.9 Å². The molecular formula is C15H19F3N4O2. The molecule has 132 valence electrons. The van der Waals surface area contributed by atoms with E-state index in [0.29, 0.717) is 31.9 Å². The number of carbonyl (C=O) groups is 2. The fourth-order valence-corrected chi connectivity index (χ4v) is 2.45. The molecule has 6 nitrogen and oxygen atoms in total. The minimum absolute atomic E-state index is 0.125. The zero-order chi connectivity index (χ0) is 17.7. The average molecular weight is 344 g/mol. The van der Waals surface area contributed by atoms with Gasteiger partial charge < -0.3 is 20.9 Å². The molecule has 1 saturated heterocycles. The zero-order valence-corrected chi connectivity index (χ0v) is 13.0. The predicted molar refractivity (Wildman–Crippen MR) is 82.3 cm³/mol. The molecule has 3 N–H and O–H groups in total. The number of halogens is 3. The summed E-state index contributed by atoms with van der Waals surface area (Å²) in [7, 11) is 0. The van der Waals surface area contributed by atoms with Crippen molar-refractivity contribution < 1.29 is 22.8 Å². The molecule has 0 aromatic heterocycles. The summed E-state index contributed by atoms with van der Waals surface area (Å²) in [5, 5.41) is 2.40. The van der Waals surface area contributed by atoms with Gasteiger partial charge in [0.15, 0.2) is 0 Å². The lowest BCUT2D eigenvalue weighted by Gasteiger charge is -2.36. The predicted octanol–water partition coefficient (Wildman–Crippen LogP) is 0.429. The van der Waals surface area contributed by atoms with Crippen molar-refractivity contribution in [1.29, 1.82) is 0 Å². The summed E-state index contributed by atoms with van der Waals surface area (Å²) >= 11 is 0. The van der Waals surface area contributed by atoms with Gasteiger partial charge >= 0.3 is 6.18 Å². The molecule has 1 aliphatic heterocycles. The fraction of sp³-hybridized carbons (Fsp3) is 0.467. The van der Waals surface area contributed by atoms with E-state index in [4.69, 9.17) is 5.73 Å². The second-order valence-corrected chi connectivity index (χ2v) is 5.40. The van der Waals surface area contributed by atoms with Crippen molar-refractivity contribution in [3.05, 3.63) is 29.8 Å². The maximum Gasteiger partial charge on any atom is 0.416 e. The molecular weight excluding hydrogens is 325 g/mol. The van der Waals surface area contributed by atoms with Crippen LogP contribution in [0.5, 0.6) is 0 Å². The van der Waals surface area contributed by atoms with E-state index in [-0.39, 0.29) is 19.0 Å². The van der Waals surface area contributed by atoms with Crippen LogP contribution < -0.4 is 16.0 Å². The fourth-order valence-electron chi connectivity index (χ4n) is 2.45. The number of hydrogen-bond acceptors (Lipinski definition) is 4. The van der Waals surface area contributed by atoms with E-state index in [1.165, 1.54) is 6.07 Å². The molecule has 1 fully saturated rings. The average Bonchev–Trinajstić information content (AvgIpc) is 2.59. The summed E-state index contributed by atoms with van der Waals surface area (Å²) < 4.78 is 38.3. The van der Waals surface area contributed by atoms with Crippen molar-refractivity contribution in [2.75, 3.05) is 44.2 Å². The minimum Gasteiger partial charge on any atom is -0.368 e.